The van der Waals surface area contributed by atoms with E-state index < -0.39 is 5.97 Å². The SMILES string of the molecule is CC(C)OC(=O)c1cc(N)c(Sc2nncn2N)c(Cl)c1. The summed E-state index contributed by atoms with van der Waals surface area (Å²) in [6.07, 6.45) is 1.14. The molecule has 0 unspecified atom stereocenters. The van der Waals surface area contributed by atoms with E-state index in [1.807, 2.05) is 0 Å². The van der Waals surface area contributed by atoms with E-state index in [2.05, 4.69) is 10.2 Å². The molecule has 0 saturated heterocycles. The first-order valence-electron chi connectivity index (χ1n) is 6.01. The molecular weight excluding hydrogens is 314 g/mol. The Balaban J connectivity index is 2.29. The number of hydrogen-bond donors (Lipinski definition) is 2. The fourth-order valence-electron chi connectivity index (χ4n) is 1.52. The van der Waals surface area contributed by atoms with Gasteiger partial charge in [0.15, 0.2) is 0 Å². The van der Waals surface area contributed by atoms with Gasteiger partial charge >= 0.3 is 5.97 Å². The van der Waals surface area contributed by atoms with Gasteiger partial charge in [0.25, 0.3) is 0 Å². The Labute approximate surface area is 130 Å². The molecule has 21 heavy (non-hydrogen) atoms. The zero-order valence-corrected chi connectivity index (χ0v) is 13.0. The second-order valence-corrected chi connectivity index (χ2v) is 5.84. The van der Waals surface area contributed by atoms with Gasteiger partial charge in [-0.1, -0.05) is 11.6 Å². The van der Waals surface area contributed by atoms with Gasteiger partial charge in [0.1, 0.15) is 6.33 Å². The number of carbonyl (C=O) groups is 1. The summed E-state index contributed by atoms with van der Waals surface area (Å²) in [5, 5.41) is 8.25. The zero-order chi connectivity index (χ0) is 15.6. The van der Waals surface area contributed by atoms with Crippen molar-refractivity contribution < 1.29 is 9.53 Å². The molecule has 1 aromatic carbocycles. The van der Waals surface area contributed by atoms with Gasteiger partial charge in [-0.3, -0.25) is 0 Å². The van der Waals surface area contributed by atoms with Crippen LogP contribution in [0.5, 0.6) is 0 Å². The maximum Gasteiger partial charge on any atom is 0.338 e. The topological polar surface area (TPSA) is 109 Å². The minimum Gasteiger partial charge on any atom is -0.459 e. The lowest BCUT2D eigenvalue weighted by Crippen LogP contribution is -2.12. The van der Waals surface area contributed by atoms with Crippen molar-refractivity contribution in [1.29, 1.82) is 0 Å². The van der Waals surface area contributed by atoms with E-state index in [4.69, 9.17) is 27.9 Å². The number of aromatic nitrogens is 3. The van der Waals surface area contributed by atoms with Crippen LogP contribution < -0.4 is 11.6 Å². The fourth-order valence-corrected chi connectivity index (χ4v) is 2.62. The van der Waals surface area contributed by atoms with Crippen LogP contribution in [-0.2, 0) is 4.74 Å². The molecule has 1 heterocycles. The smallest absolute Gasteiger partial charge is 0.338 e. The standard InChI is InChI=1S/C12H14ClN5O2S/c1-6(2)20-11(19)7-3-8(13)10(9(14)4-7)21-12-17-16-5-18(12)15/h3-6H,14-15H2,1-2H3. The molecule has 2 aromatic rings. The van der Waals surface area contributed by atoms with E-state index in [0.717, 1.165) is 11.8 Å². The van der Waals surface area contributed by atoms with Crippen molar-refractivity contribution >= 4 is 35.0 Å². The highest BCUT2D eigenvalue weighted by atomic mass is 35.5. The molecule has 0 atom stereocenters. The maximum absolute atomic E-state index is 11.9. The van der Waals surface area contributed by atoms with Crippen molar-refractivity contribution in [3.8, 4) is 0 Å². The van der Waals surface area contributed by atoms with E-state index in [1.165, 1.54) is 23.1 Å². The number of rotatable bonds is 4. The molecule has 9 heteroatoms. The van der Waals surface area contributed by atoms with E-state index in [0.29, 0.717) is 26.3 Å². The molecule has 0 aliphatic rings. The molecule has 4 N–H and O–H groups in total. The Morgan fingerprint density at radius 1 is 1.48 bits per heavy atom. The van der Waals surface area contributed by atoms with Gasteiger partial charge in [0, 0.05) is 5.69 Å². The summed E-state index contributed by atoms with van der Waals surface area (Å²) < 4.78 is 6.36. The molecule has 112 valence electrons. The largest absolute Gasteiger partial charge is 0.459 e. The van der Waals surface area contributed by atoms with Crippen LogP contribution in [0.4, 0.5) is 5.69 Å². The summed E-state index contributed by atoms with van der Waals surface area (Å²) in [6, 6.07) is 3.01. The van der Waals surface area contributed by atoms with Crippen LogP contribution in [-0.4, -0.2) is 26.9 Å². The monoisotopic (exact) mass is 327 g/mol. The summed E-state index contributed by atoms with van der Waals surface area (Å²) in [6.45, 7) is 3.53. The molecule has 0 fully saturated rings. The second-order valence-electron chi connectivity index (χ2n) is 4.45. The predicted molar refractivity (Wildman–Crippen MR) is 80.7 cm³/mol. The summed E-state index contributed by atoms with van der Waals surface area (Å²) in [5.74, 6) is 5.16. The van der Waals surface area contributed by atoms with Crippen LogP contribution in [0.2, 0.25) is 5.02 Å². The molecule has 0 amide bonds. The first-order valence-corrected chi connectivity index (χ1v) is 7.21. The maximum atomic E-state index is 11.9. The highest BCUT2D eigenvalue weighted by molar-refractivity contribution is 7.99. The molecule has 0 spiro atoms. The van der Waals surface area contributed by atoms with Crippen LogP contribution in [0.15, 0.2) is 28.5 Å². The third kappa shape index (κ3) is 3.59. The number of nitrogen functional groups attached to an aromatic ring is 2. The highest BCUT2D eigenvalue weighted by Gasteiger charge is 2.17. The van der Waals surface area contributed by atoms with Gasteiger partial charge in [-0.05, 0) is 37.7 Å². The van der Waals surface area contributed by atoms with E-state index in [-0.39, 0.29) is 6.10 Å². The number of nitrogens with zero attached hydrogens (tertiary/aromatic N) is 3. The molecule has 0 bridgehead atoms. The van der Waals surface area contributed by atoms with Gasteiger partial charge in [-0.25, -0.2) is 9.47 Å². The van der Waals surface area contributed by atoms with Crippen molar-refractivity contribution in [2.75, 3.05) is 11.6 Å². The molecule has 0 aliphatic carbocycles. The number of anilines is 1. The number of nitrogens with two attached hydrogens (primary N) is 2. The van der Waals surface area contributed by atoms with Crippen molar-refractivity contribution in [2.24, 2.45) is 0 Å². The van der Waals surface area contributed by atoms with Crippen molar-refractivity contribution in [3.63, 3.8) is 0 Å². The van der Waals surface area contributed by atoms with Crippen LogP contribution in [0, 0.1) is 0 Å². The first kappa shape index (κ1) is 15.5. The minimum absolute atomic E-state index is 0.220. The minimum atomic E-state index is -0.475. The van der Waals surface area contributed by atoms with Crippen molar-refractivity contribution in [1.82, 2.24) is 14.9 Å². The van der Waals surface area contributed by atoms with Crippen LogP contribution in [0.1, 0.15) is 24.2 Å². The number of ether oxygens (including phenoxy) is 1. The average molecular weight is 328 g/mol. The molecule has 2 rings (SSSR count). The summed E-state index contributed by atoms with van der Waals surface area (Å²) in [4.78, 5) is 12.4. The quantitative estimate of drug-likeness (QED) is 0.501. The number of benzene rings is 1. The van der Waals surface area contributed by atoms with E-state index in [9.17, 15) is 4.79 Å². The Hall–Kier alpha value is -1.93. The first-order chi connectivity index (χ1) is 9.88. The van der Waals surface area contributed by atoms with Gasteiger partial charge in [-0.15, -0.1) is 10.2 Å². The third-order valence-electron chi connectivity index (χ3n) is 2.38. The van der Waals surface area contributed by atoms with Gasteiger partial charge < -0.3 is 16.3 Å². The Bertz CT molecular complexity index is 650. The van der Waals surface area contributed by atoms with E-state index in [1.54, 1.807) is 13.8 Å². The fraction of sp³-hybridized carbons (Fsp3) is 0.250. The predicted octanol–water partition coefficient (Wildman–Crippen LogP) is 1.94. The van der Waals surface area contributed by atoms with Gasteiger partial charge in [0.05, 0.1) is 21.6 Å². The molecule has 0 aliphatic heterocycles. The molecule has 0 radical (unpaired) electrons. The second kappa shape index (κ2) is 6.23. The zero-order valence-electron chi connectivity index (χ0n) is 11.4. The Morgan fingerprint density at radius 2 is 2.19 bits per heavy atom. The third-order valence-corrected chi connectivity index (χ3v) is 3.93. The number of hydrogen-bond acceptors (Lipinski definition) is 7. The van der Waals surface area contributed by atoms with Crippen molar-refractivity contribution in [2.45, 2.75) is 30.0 Å². The summed E-state index contributed by atoms with van der Waals surface area (Å²) >= 11 is 7.34. The molecule has 7 nitrogen and oxygen atoms in total. The lowest BCUT2D eigenvalue weighted by atomic mass is 10.2. The lowest BCUT2D eigenvalue weighted by Gasteiger charge is -2.11. The Kier molecular flexibility index (Phi) is 4.59. The van der Waals surface area contributed by atoms with Crippen LogP contribution in [0.25, 0.3) is 0 Å². The average Bonchev–Trinajstić information content (AvgIpc) is 2.78. The Morgan fingerprint density at radius 3 is 2.71 bits per heavy atom. The molecule has 0 saturated carbocycles. The van der Waals surface area contributed by atoms with Crippen LogP contribution >= 0.6 is 23.4 Å². The lowest BCUT2D eigenvalue weighted by molar-refractivity contribution is 0.0378. The normalized spacial score (nSPS) is 10.9. The number of carbonyl (C=O) groups excluding carboxylic acids is 1. The summed E-state index contributed by atoms with van der Waals surface area (Å²) in [7, 11) is 0. The van der Waals surface area contributed by atoms with Crippen LogP contribution in [0.3, 0.4) is 0 Å². The van der Waals surface area contributed by atoms with Gasteiger partial charge in [-0.2, -0.15) is 0 Å². The molecular formula is C12H14ClN5O2S. The number of esters is 1. The van der Waals surface area contributed by atoms with Crippen molar-refractivity contribution in [3.05, 3.63) is 29.0 Å². The summed E-state index contributed by atoms with van der Waals surface area (Å²) in [5.41, 5.74) is 6.58. The molecule has 1 aromatic heterocycles. The number of halogens is 1. The van der Waals surface area contributed by atoms with E-state index >= 15 is 0 Å². The highest BCUT2D eigenvalue weighted by Crippen LogP contribution is 2.37. The van der Waals surface area contributed by atoms with Gasteiger partial charge in [0.2, 0.25) is 5.16 Å².